The van der Waals surface area contributed by atoms with E-state index in [2.05, 4.69) is 39.5 Å². The largest absolute Gasteiger partial charge is 0.342 e. The molecular formula is C16H26N4O. The molecule has 0 saturated carbocycles. The Kier molecular flexibility index (Phi) is 4.29. The summed E-state index contributed by atoms with van der Waals surface area (Å²) in [6.45, 7) is 6.89. The number of aryl methyl sites for hydroxylation is 1. The molecule has 3 rings (SSSR count). The number of carbonyl (C=O) groups is 1. The molecule has 0 aliphatic carbocycles. The molecule has 0 aromatic carbocycles. The third kappa shape index (κ3) is 2.98. The molecule has 0 N–H and O–H groups in total. The molecule has 3 heterocycles. The van der Waals surface area contributed by atoms with E-state index in [0.29, 0.717) is 11.8 Å². The van der Waals surface area contributed by atoms with Gasteiger partial charge in [0, 0.05) is 44.5 Å². The normalized spacial score (nSPS) is 24.7. The lowest BCUT2D eigenvalue weighted by molar-refractivity contribution is -0.136. The summed E-state index contributed by atoms with van der Waals surface area (Å²) in [5, 5.41) is 0. The fourth-order valence-electron chi connectivity index (χ4n) is 3.70. The van der Waals surface area contributed by atoms with Crippen molar-refractivity contribution in [2.24, 2.45) is 5.92 Å². The van der Waals surface area contributed by atoms with Crippen LogP contribution in [0.4, 0.5) is 0 Å². The zero-order chi connectivity index (χ0) is 14.8. The first-order valence-electron chi connectivity index (χ1n) is 8.17. The second-order valence-electron chi connectivity index (χ2n) is 6.42. The zero-order valence-corrected chi connectivity index (χ0v) is 13.2. The van der Waals surface area contributed by atoms with E-state index in [4.69, 9.17) is 0 Å². The van der Waals surface area contributed by atoms with E-state index in [9.17, 15) is 4.79 Å². The first-order valence-corrected chi connectivity index (χ1v) is 8.17. The van der Waals surface area contributed by atoms with Gasteiger partial charge in [-0.2, -0.15) is 0 Å². The van der Waals surface area contributed by atoms with E-state index in [1.807, 2.05) is 6.20 Å². The Bertz CT molecular complexity index is 490. The van der Waals surface area contributed by atoms with Gasteiger partial charge < -0.3 is 14.4 Å². The van der Waals surface area contributed by atoms with Crippen LogP contribution in [0.2, 0.25) is 0 Å². The Hall–Kier alpha value is -1.36. The predicted octanol–water partition coefficient (Wildman–Crippen LogP) is 1.56. The molecule has 116 valence electrons. The van der Waals surface area contributed by atoms with Crippen molar-refractivity contribution in [2.75, 3.05) is 33.2 Å². The van der Waals surface area contributed by atoms with Crippen molar-refractivity contribution >= 4 is 5.91 Å². The molecule has 2 aliphatic heterocycles. The standard InChI is InChI=1S/C16H26N4O/c1-3-19-11-7-17-15(19)13-5-9-20(10-6-13)16(21)14-4-8-18(2)12-14/h7,11,13-14H,3-6,8-10,12H2,1-2H3. The summed E-state index contributed by atoms with van der Waals surface area (Å²) in [6.07, 6.45) is 7.07. The first kappa shape index (κ1) is 14.6. The number of nitrogens with zero attached hydrogens (tertiary/aromatic N) is 4. The topological polar surface area (TPSA) is 41.4 Å². The van der Waals surface area contributed by atoms with Crippen molar-refractivity contribution in [1.82, 2.24) is 19.4 Å². The van der Waals surface area contributed by atoms with E-state index in [1.165, 1.54) is 5.82 Å². The summed E-state index contributed by atoms with van der Waals surface area (Å²) in [5.74, 6) is 2.31. The lowest BCUT2D eigenvalue weighted by Gasteiger charge is -2.33. The molecular weight excluding hydrogens is 264 g/mol. The lowest BCUT2D eigenvalue weighted by Crippen LogP contribution is -2.42. The number of likely N-dealkylation sites (tertiary alicyclic amines) is 2. The van der Waals surface area contributed by atoms with Crippen molar-refractivity contribution in [3.8, 4) is 0 Å². The number of aromatic nitrogens is 2. The molecule has 2 fully saturated rings. The molecule has 1 amide bonds. The Morgan fingerprint density at radius 2 is 2.05 bits per heavy atom. The van der Waals surface area contributed by atoms with Crippen LogP contribution in [0.15, 0.2) is 12.4 Å². The molecule has 1 aromatic rings. The Morgan fingerprint density at radius 3 is 2.67 bits per heavy atom. The number of hydrogen-bond acceptors (Lipinski definition) is 3. The van der Waals surface area contributed by atoms with Gasteiger partial charge in [0.05, 0.1) is 5.92 Å². The minimum absolute atomic E-state index is 0.226. The van der Waals surface area contributed by atoms with Gasteiger partial charge in [-0.15, -0.1) is 0 Å². The molecule has 0 spiro atoms. The van der Waals surface area contributed by atoms with Crippen molar-refractivity contribution in [3.05, 3.63) is 18.2 Å². The first-order chi connectivity index (χ1) is 10.2. The highest BCUT2D eigenvalue weighted by atomic mass is 16.2. The van der Waals surface area contributed by atoms with Gasteiger partial charge >= 0.3 is 0 Å². The van der Waals surface area contributed by atoms with Crippen LogP contribution >= 0.6 is 0 Å². The van der Waals surface area contributed by atoms with Crippen LogP contribution in [0.1, 0.15) is 37.9 Å². The molecule has 1 atom stereocenters. The third-order valence-electron chi connectivity index (χ3n) is 5.00. The summed E-state index contributed by atoms with van der Waals surface area (Å²) < 4.78 is 2.23. The third-order valence-corrected chi connectivity index (χ3v) is 5.00. The smallest absolute Gasteiger partial charge is 0.227 e. The van der Waals surface area contributed by atoms with E-state index >= 15 is 0 Å². The van der Waals surface area contributed by atoms with Crippen molar-refractivity contribution in [2.45, 2.75) is 38.6 Å². The fraction of sp³-hybridized carbons (Fsp3) is 0.750. The van der Waals surface area contributed by atoms with Crippen LogP contribution in [-0.4, -0.2) is 58.5 Å². The van der Waals surface area contributed by atoms with Crippen molar-refractivity contribution < 1.29 is 4.79 Å². The Labute approximate surface area is 126 Å². The maximum Gasteiger partial charge on any atom is 0.227 e. The van der Waals surface area contributed by atoms with E-state index in [-0.39, 0.29) is 5.92 Å². The van der Waals surface area contributed by atoms with Crippen LogP contribution in [0.25, 0.3) is 0 Å². The van der Waals surface area contributed by atoms with Crippen LogP contribution in [0.5, 0.6) is 0 Å². The molecule has 1 aromatic heterocycles. The van der Waals surface area contributed by atoms with Gasteiger partial charge in [0.1, 0.15) is 5.82 Å². The summed E-state index contributed by atoms with van der Waals surface area (Å²) >= 11 is 0. The highest BCUT2D eigenvalue weighted by Gasteiger charge is 2.32. The second kappa shape index (κ2) is 6.18. The van der Waals surface area contributed by atoms with Crippen LogP contribution in [-0.2, 0) is 11.3 Å². The van der Waals surface area contributed by atoms with Crippen molar-refractivity contribution in [1.29, 1.82) is 0 Å². The maximum absolute atomic E-state index is 12.5. The summed E-state index contributed by atoms with van der Waals surface area (Å²) in [4.78, 5) is 21.4. The van der Waals surface area contributed by atoms with E-state index in [1.54, 1.807) is 0 Å². The van der Waals surface area contributed by atoms with E-state index < -0.39 is 0 Å². The van der Waals surface area contributed by atoms with Crippen LogP contribution in [0, 0.1) is 5.92 Å². The van der Waals surface area contributed by atoms with Gasteiger partial charge in [0.15, 0.2) is 0 Å². The number of amides is 1. The number of imidazole rings is 1. The SMILES string of the molecule is CCn1ccnc1C1CCN(C(=O)C2CCN(C)C2)CC1. The Balaban J connectivity index is 1.56. The second-order valence-corrected chi connectivity index (χ2v) is 6.42. The zero-order valence-electron chi connectivity index (χ0n) is 13.2. The molecule has 0 radical (unpaired) electrons. The molecule has 5 nitrogen and oxygen atoms in total. The van der Waals surface area contributed by atoms with Gasteiger partial charge in [-0.25, -0.2) is 4.98 Å². The molecule has 1 unspecified atom stereocenters. The van der Waals surface area contributed by atoms with Gasteiger partial charge in [0.25, 0.3) is 0 Å². The molecule has 21 heavy (non-hydrogen) atoms. The predicted molar refractivity (Wildman–Crippen MR) is 82.1 cm³/mol. The van der Waals surface area contributed by atoms with Crippen molar-refractivity contribution in [3.63, 3.8) is 0 Å². The van der Waals surface area contributed by atoms with Gasteiger partial charge in [-0.1, -0.05) is 0 Å². The number of hydrogen-bond donors (Lipinski definition) is 0. The lowest BCUT2D eigenvalue weighted by atomic mass is 9.94. The van der Waals surface area contributed by atoms with Crippen LogP contribution < -0.4 is 0 Å². The monoisotopic (exact) mass is 290 g/mol. The molecule has 2 aliphatic rings. The minimum atomic E-state index is 0.226. The average Bonchev–Trinajstić information content (AvgIpc) is 3.15. The minimum Gasteiger partial charge on any atom is -0.342 e. The quantitative estimate of drug-likeness (QED) is 0.848. The average molecular weight is 290 g/mol. The highest BCUT2D eigenvalue weighted by molar-refractivity contribution is 5.79. The van der Waals surface area contributed by atoms with E-state index in [0.717, 1.165) is 52.0 Å². The van der Waals surface area contributed by atoms with Gasteiger partial charge in [-0.05, 0) is 39.8 Å². The summed E-state index contributed by atoms with van der Waals surface area (Å²) in [5.41, 5.74) is 0. The summed E-state index contributed by atoms with van der Waals surface area (Å²) in [6, 6.07) is 0. The highest BCUT2D eigenvalue weighted by Crippen LogP contribution is 2.28. The number of rotatable bonds is 3. The van der Waals surface area contributed by atoms with Crippen LogP contribution in [0.3, 0.4) is 0 Å². The maximum atomic E-state index is 12.5. The van der Waals surface area contributed by atoms with Gasteiger partial charge in [0.2, 0.25) is 5.91 Å². The molecule has 0 bridgehead atoms. The number of carbonyl (C=O) groups excluding carboxylic acids is 1. The molecule has 5 heteroatoms. The fourth-order valence-corrected chi connectivity index (χ4v) is 3.70. The Morgan fingerprint density at radius 1 is 1.29 bits per heavy atom. The molecule has 2 saturated heterocycles. The van der Waals surface area contributed by atoms with Gasteiger partial charge in [-0.3, -0.25) is 4.79 Å². The summed E-state index contributed by atoms with van der Waals surface area (Å²) in [7, 11) is 2.10. The number of piperidine rings is 1.